The first kappa shape index (κ1) is 13.1. The van der Waals surface area contributed by atoms with Gasteiger partial charge in [0.2, 0.25) is 5.91 Å². The van der Waals surface area contributed by atoms with Gasteiger partial charge in [0.05, 0.1) is 12.5 Å². The summed E-state index contributed by atoms with van der Waals surface area (Å²) >= 11 is 1.55. The monoisotopic (exact) mass is 294 g/mol. The third kappa shape index (κ3) is 2.40. The number of hydrogen-bond acceptors (Lipinski definition) is 5. The SMILES string of the molecule is O=C(Cc1cccs1)N1CCC(N2C(=O)COC2=O)C1. The molecule has 0 saturated carbocycles. The molecule has 0 aromatic carbocycles. The van der Waals surface area contributed by atoms with Crippen molar-refractivity contribution in [3.05, 3.63) is 22.4 Å². The fourth-order valence-corrected chi connectivity index (χ4v) is 3.27. The molecule has 0 aliphatic carbocycles. The fourth-order valence-electron chi connectivity index (χ4n) is 2.57. The zero-order chi connectivity index (χ0) is 14.1. The third-order valence-electron chi connectivity index (χ3n) is 3.57. The van der Waals surface area contributed by atoms with Crippen LogP contribution in [0.2, 0.25) is 0 Å². The highest BCUT2D eigenvalue weighted by Gasteiger charge is 2.41. The summed E-state index contributed by atoms with van der Waals surface area (Å²) in [6.45, 7) is 0.801. The molecule has 7 heteroatoms. The molecule has 0 spiro atoms. The number of ether oxygens (including phenoxy) is 1. The van der Waals surface area contributed by atoms with Crippen LogP contribution in [0, 0.1) is 0 Å². The van der Waals surface area contributed by atoms with Gasteiger partial charge in [0.1, 0.15) is 0 Å². The molecule has 3 heterocycles. The molecule has 2 aliphatic heterocycles. The van der Waals surface area contributed by atoms with Crippen LogP contribution in [-0.2, 0) is 20.7 Å². The largest absolute Gasteiger partial charge is 0.439 e. The van der Waals surface area contributed by atoms with Gasteiger partial charge in [0.25, 0.3) is 5.91 Å². The minimum atomic E-state index is -0.590. The van der Waals surface area contributed by atoms with Crippen molar-refractivity contribution in [3.63, 3.8) is 0 Å². The first-order valence-corrected chi connectivity index (χ1v) is 7.32. The average molecular weight is 294 g/mol. The Morgan fingerprint density at radius 3 is 2.95 bits per heavy atom. The number of carbonyl (C=O) groups excluding carboxylic acids is 3. The summed E-state index contributed by atoms with van der Waals surface area (Å²) in [5.74, 6) is -0.275. The van der Waals surface area contributed by atoms with Gasteiger partial charge in [-0.25, -0.2) is 9.69 Å². The van der Waals surface area contributed by atoms with Crippen LogP contribution >= 0.6 is 11.3 Å². The third-order valence-corrected chi connectivity index (χ3v) is 4.45. The second-order valence-electron chi connectivity index (χ2n) is 4.86. The molecule has 0 radical (unpaired) electrons. The van der Waals surface area contributed by atoms with Crippen LogP contribution in [0.4, 0.5) is 4.79 Å². The van der Waals surface area contributed by atoms with Crippen molar-refractivity contribution in [1.82, 2.24) is 9.80 Å². The van der Waals surface area contributed by atoms with Gasteiger partial charge in [0, 0.05) is 18.0 Å². The van der Waals surface area contributed by atoms with E-state index < -0.39 is 6.09 Å². The molecular weight excluding hydrogens is 280 g/mol. The Kier molecular flexibility index (Phi) is 3.43. The summed E-state index contributed by atoms with van der Waals surface area (Å²) in [5, 5.41) is 1.94. The van der Waals surface area contributed by atoms with Gasteiger partial charge in [-0.3, -0.25) is 9.59 Å². The van der Waals surface area contributed by atoms with Crippen molar-refractivity contribution < 1.29 is 19.1 Å². The molecule has 1 unspecified atom stereocenters. The predicted octanol–water partition coefficient (Wildman–Crippen LogP) is 0.870. The van der Waals surface area contributed by atoms with E-state index in [1.807, 2.05) is 17.5 Å². The maximum Gasteiger partial charge on any atom is 0.417 e. The van der Waals surface area contributed by atoms with E-state index in [4.69, 9.17) is 4.74 Å². The Morgan fingerprint density at radius 2 is 2.30 bits per heavy atom. The summed E-state index contributed by atoms with van der Waals surface area (Å²) in [6, 6.07) is 3.60. The maximum absolute atomic E-state index is 12.1. The molecule has 2 saturated heterocycles. The van der Waals surface area contributed by atoms with Crippen molar-refractivity contribution >= 4 is 29.2 Å². The van der Waals surface area contributed by atoms with Gasteiger partial charge >= 0.3 is 6.09 Å². The van der Waals surface area contributed by atoms with Crippen molar-refractivity contribution in [2.24, 2.45) is 0 Å². The van der Waals surface area contributed by atoms with E-state index in [1.54, 1.807) is 16.2 Å². The molecule has 1 aromatic rings. The second kappa shape index (κ2) is 5.24. The highest BCUT2D eigenvalue weighted by atomic mass is 32.1. The molecule has 2 fully saturated rings. The highest BCUT2D eigenvalue weighted by Crippen LogP contribution is 2.21. The van der Waals surface area contributed by atoms with Gasteiger partial charge in [-0.2, -0.15) is 0 Å². The molecule has 0 N–H and O–H groups in total. The van der Waals surface area contributed by atoms with Gasteiger partial charge in [-0.05, 0) is 17.9 Å². The number of likely N-dealkylation sites (tertiary alicyclic amines) is 1. The number of imide groups is 1. The lowest BCUT2D eigenvalue weighted by molar-refractivity contribution is -0.131. The van der Waals surface area contributed by atoms with Crippen LogP contribution in [0.25, 0.3) is 0 Å². The smallest absolute Gasteiger partial charge is 0.417 e. The van der Waals surface area contributed by atoms with E-state index in [0.29, 0.717) is 25.9 Å². The van der Waals surface area contributed by atoms with Crippen LogP contribution < -0.4 is 0 Å². The van der Waals surface area contributed by atoms with Crippen LogP contribution in [0.15, 0.2) is 17.5 Å². The zero-order valence-corrected chi connectivity index (χ0v) is 11.6. The number of thiophene rings is 1. The molecule has 1 aromatic heterocycles. The van der Waals surface area contributed by atoms with Gasteiger partial charge in [-0.1, -0.05) is 6.07 Å². The van der Waals surface area contributed by atoms with E-state index in [0.717, 1.165) is 9.78 Å². The highest BCUT2D eigenvalue weighted by molar-refractivity contribution is 7.10. The molecule has 6 nitrogen and oxygen atoms in total. The zero-order valence-electron chi connectivity index (χ0n) is 10.8. The molecule has 20 heavy (non-hydrogen) atoms. The van der Waals surface area contributed by atoms with Crippen molar-refractivity contribution in [2.75, 3.05) is 19.7 Å². The van der Waals surface area contributed by atoms with Crippen molar-refractivity contribution in [1.29, 1.82) is 0 Å². The maximum atomic E-state index is 12.1. The van der Waals surface area contributed by atoms with E-state index in [2.05, 4.69) is 0 Å². The number of hydrogen-bond donors (Lipinski definition) is 0. The molecule has 3 amide bonds. The minimum absolute atomic E-state index is 0.0370. The average Bonchev–Trinajstić information content (AvgIpc) is 3.11. The molecule has 1 atom stereocenters. The van der Waals surface area contributed by atoms with Crippen LogP contribution in [0.1, 0.15) is 11.3 Å². The Hall–Kier alpha value is -1.89. The fraction of sp³-hybridized carbons (Fsp3) is 0.462. The summed E-state index contributed by atoms with van der Waals surface area (Å²) in [4.78, 5) is 39.1. The summed E-state index contributed by atoms with van der Waals surface area (Å²) in [5.41, 5.74) is 0. The Balaban J connectivity index is 1.60. The topological polar surface area (TPSA) is 66.9 Å². The van der Waals surface area contributed by atoms with Crippen molar-refractivity contribution in [2.45, 2.75) is 18.9 Å². The van der Waals surface area contributed by atoms with Crippen molar-refractivity contribution in [3.8, 4) is 0 Å². The molecule has 106 valence electrons. The van der Waals surface area contributed by atoms with Crippen LogP contribution in [0.3, 0.4) is 0 Å². The standard InChI is InChI=1S/C13H14N2O4S/c16-11(6-10-2-1-5-20-10)14-4-3-9(7-14)15-12(17)8-19-13(15)18/h1-2,5,9H,3-4,6-8H2. The normalized spacial score (nSPS) is 22.5. The summed E-state index contributed by atoms with van der Waals surface area (Å²) < 4.78 is 4.71. The van der Waals surface area contributed by atoms with E-state index >= 15 is 0 Å². The van der Waals surface area contributed by atoms with Crippen LogP contribution in [-0.4, -0.2) is 53.4 Å². The quantitative estimate of drug-likeness (QED) is 0.829. The molecule has 3 rings (SSSR count). The Labute approximate surface area is 119 Å². The Morgan fingerprint density at radius 1 is 1.45 bits per heavy atom. The van der Waals surface area contributed by atoms with Gasteiger partial charge in [0.15, 0.2) is 6.61 Å². The number of carbonyl (C=O) groups is 3. The number of nitrogens with zero attached hydrogens (tertiary/aromatic N) is 2. The number of cyclic esters (lactones) is 1. The lowest BCUT2D eigenvalue weighted by Gasteiger charge is -2.20. The lowest BCUT2D eigenvalue weighted by atomic mass is 10.2. The number of rotatable bonds is 3. The number of amides is 3. The molecular formula is C13H14N2O4S. The molecule has 0 bridgehead atoms. The first-order chi connectivity index (χ1) is 9.65. The van der Waals surface area contributed by atoms with E-state index in [9.17, 15) is 14.4 Å². The van der Waals surface area contributed by atoms with E-state index in [-0.39, 0.29) is 24.5 Å². The van der Waals surface area contributed by atoms with Crippen LogP contribution in [0.5, 0.6) is 0 Å². The lowest BCUT2D eigenvalue weighted by Crippen LogP contribution is -2.42. The predicted molar refractivity (Wildman–Crippen MR) is 71.2 cm³/mol. The first-order valence-electron chi connectivity index (χ1n) is 6.44. The molecule has 2 aliphatic rings. The minimum Gasteiger partial charge on any atom is -0.439 e. The van der Waals surface area contributed by atoms with E-state index in [1.165, 1.54) is 0 Å². The summed E-state index contributed by atoms with van der Waals surface area (Å²) in [6.07, 6.45) is 0.410. The van der Waals surface area contributed by atoms with Gasteiger partial charge < -0.3 is 9.64 Å². The summed E-state index contributed by atoms with van der Waals surface area (Å²) in [7, 11) is 0. The van der Waals surface area contributed by atoms with Gasteiger partial charge in [-0.15, -0.1) is 11.3 Å². The second-order valence-corrected chi connectivity index (χ2v) is 5.89. The Bertz CT molecular complexity index is 527.